The van der Waals surface area contributed by atoms with Crippen LogP contribution >= 0.6 is 0 Å². The van der Waals surface area contributed by atoms with Crippen molar-refractivity contribution in [1.82, 2.24) is 0 Å². The van der Waals surface area contributed by atoms with Gasteiger partial charge in [0.2, 0.25) is 0 Å². The Kier molecular flexibility index (Phi) is 9.03. The second-order valence-electron chi connectivity index (χ2n) is 7.44. The maximum atomic E-state index is 11.4. The van der Waals surface area contributed by atoms with Crippen molar-refractivity contribution >= 4 is 5.97 Å². The lowest BCUT2D eigenvalue weighted by Gasteiger charge is -2.29. The number of benzene rings is 1. The van der Waals surface area contributed by atoms with Gasteiger partial charge in [-0.25, -0.2) is 0 Å². The Morgan fingerprint density at radius 1 is 1.04 bits per heavy atom. The van der Waals surface area contributed by atoms with Crippen molar-refractivity contribution in [3.05, 3.63) is 29.8 Å². The van der Waals surface area contributed by atoms with Gasteiger partial charge in [-0.1, -0.05) is 57.6 Å². The van der Waals surface area contributed by atoms with Gasteiger partial charge in [0, 0.05) is 0 Å². The molecular formula is C22H34O3. The van der Waals surface area contributed by atoms with Crippen LogP contribution < -0.4 is 4.74 Å². The lowest BCUT2D eigenvalue weighted by Crippen LogP contribution is -2.13. The van der Waals surface area contributed by atoms with Crippen LogP contribution in [0.3, 0.4) is 0 Å². The highest BCUT2D eigenvalue weighted by molar-refractivity contribution is 5.72. The molecule has 1 N–H and O–H groups in total. The molecule has 0 radical (unpaired) electrons. The number of carbonyl (C=O) groups is 1. The Morgan fingerprint density at radius 2 is 1.72 bits per heavy atom. The first kappa shape index (κ1) is 20.0. The Labute approximate surface area is 152 Å². The van der Waals surface area contributed by atoms with Gasteiger partial charge in [-0.15, -0.1) is 0 Å². The topological polar surface area (TPSA) is 46.5 Å². The van der Waals surface area contributed by atoms with Crippen LogP contribution in [0, 0.1) is 5.92 Å². The number of aliphatic hydroxyl groups excluding tert-OH is 1. The summed E-state index contributed by atoms with van der Waals surface area (Å²) >= 11 is 0. The molecule has 1 aliphatic rings. The maximum absolute atomic E-state index is 11.4. The van der Waals surface area contributed by atoms with Gasteiger partial charge in [0.25, 0.3) is 0 Å². The number of ether oxygens (including phenoxy) is 1. The predicted molar refractivity (Wildman–Crippen MR) is 102 cm³/mol. The third-order valence-electron chi connectivity index (χ3n) is 5.46. The average Bonchev–Trinajstić information content (AvgIpc) is 2.63. The molecule has 1 aromatic rings. The van der Waals surface area contributed by atoms with Gasteiger partial charge in [0.15, 0.2) is 0 Å². The van der Waals surface area contributed by atoms with Crippen molar-refractivity contribution in [2.24, 2.45) is 5.92 Å². The molecular weight excluding hydrogens is 312 g/mol. The Bertz CT molecular complexity index is 486. The number of unbranched alkanes of at least 4 members (excludes halogenated alkanes) is 4. The molecule has 25 heavy (non-hydrogen) atoms. The number of hydrogen-bond donors (Lipinski definition) is 1. The number of esters is 1. The quantitative estimate of drug-likeness (QED) is 0.340. The van der Waals surface area contributed by atoms with E-state index in [2.05, 4.69) is 19.1 Å². The molecule has 1 saturated carbocycles. The lowest BCUT2D eigenvalue weighted by atomic mass is 9.77. The normalized spacial score (nSPS) is 20.4. The van der Waals surface area contributed by atoms with Crippen molar-refractivity contribution in [1.29, 1.82) is 0 Å². The highest BCUT2D eigenvalue weighted by atomic mass is 16.5. The van der Waals surface area contributed by atoms with Crippen LogP contribution in [0.5, 0.6) is 5.75 Å². The van der Waals surface area contributed by atoms with Crippen molar-refractivity contribution in [3.8, 4) is 5.75 Å². The van der Waals surface area contributed by atoms with E-state index in [1.54, 1.807) is 0 Å². The maximum Gasteiger partial charge on any atom is 0.313 e. The highest BCUT2D eigenvalue weighted by Crippen LogP contribution is 2.38. The second kappa shape index (κ2) is 11.3. The molecule has 2 rings (SSSR count). The standard InChI is InChI=1S/C22H34O3/c1-2-3-4-5-6-7-18-8-10-19(11-9-18)20-12-14-21(15-13-20)25-22(24)16-17-23/h12-15,18-19,23H,2-11,16-17H2,1H3. The predicted octanol–water partition coefficient (Wildman–Crippen LogP) is 5.61. The monoisotopic (exact) mass is 346 g/mol. The summed E-state index contributed by atoms with van der Waals surface area (Å²) in [5.41, 5.74) is 1.36. The van der Waals surface area contributed by atoms with E-state index in [1.165, 1.54) is 69.8 Å². The molecule has 0 atom stereocenters. The van der Waals surface area contributed by atoms with Crippen LogP contribution in [-0.4, -0.2) is 17.7 Å². The molecule has 0 amide bonds. The molecule has 0 saturated heterocycles. The van der Waals surface area contributed by atoms with Crippen LogP contribution in [-0.2, 0) is 4.79 Å². The van der Waals surface area contributed by atoms with E-state index < -0.39 is 0 Å². The summed E-state index contributed by atoms with van der Waals surface area (Å²) in [7, 11) is 0. The molecule has 1 fully saturated rings. The summed E-state index contributed by atoms with van der Waals surface area (Å²) in [6, 6.07) is 7.95. The van der Waals surface area contributed by atoms with Crippen LogP contribution in [0.1, 0.15) is 89.0 Å². The molecule has 3 nitrogen and oxygen atoms in total. The van der Waals surface area contributed by atoms with Crippen molar-refractivity contribution in [2.45, 2.75) is 83.5 Å². The van der Waals surface area contributed by atoms with E-state index in [1.807, 2.05) is 12.1 Å². The number of hydrogen-bond acceptors (Lipinski definition) is 3. The molecule has 0 aliphatic heterocycles. The van der Waals surface area contributed by atoms with Crippen molar-refractivity contribution in [2.75, 3.05) is 6.61 Å². The van der Waals surface area contributed by atoms with Crippen LogP contribution in [0.2, 0.25) is 0 Å². The molecule has 1 aromatic carbocycles. The molecule has 0 heterocycles. The van der Waals surface area contributed by atoms with E-state index in [0.29, 0.717) is 11.7 Å². The largest absolute Gasteiger partial charge is 0.426 e. The summed E-state index contributed by atoms with van der Waals surface area (Å²) in [6.45, 7) is 2.10. The van der Waals surface area contributed by atoms with E-state index in [0.717, 1.165) is 5.92 Å². The van der Waals surface area contributed by atoms with E-state index >= 15 is 0 Å². The molecule has 0 unspecified atom stereocenters. The first-order chi connectivity index (χ1) is 12.2. The number of aliphatic hydroxyl groups is 1. The number of rotatable bonds is 10. The zero-order valence-electron chi connectivity index (χ0n) is 15.7. The van der Waals surface area contributed by atoms with Crippen molar-refractivity contribution in [3.63, 3.8) is 0 Å². The second-order valence-corrected chi connectivity index (χ2v) is 7.44. The highest BCUT2D eigenvalue weighted by Gasteiger charge is 2.22. The summed E-state index contributed by atoms with van der Waals surface area (Å²) in [6.07, 6.45) is 13.7. The van der Waals surface area contributed by atoms with E-state index in [4.69, 9.17) is 9.84 Å². The summed E-state index contributed by atoms with van der Waals surface area (Å²) in [4.78, 5) is 11.4. The fraction of sp³-hybridized carbons (Fsp3) is 0.682. The minimum atomic E-state index is -0.380. The molecule has 0 bridgehead atoms. The van der Waals surface area contributed by atoms with Gasteiger partial charge >= 0.3 is 5.97 Å². The van der Waals surface area contributed by atoms with E-state index in [-0.39, 0.29) is 19.0 Å². The Balaban J connectivity index is 1.70. The Morgan fingerprint density at radius 3 is 2.36 bits per heavy atom. The minimum absolute atomic E-state index is 0.0458. The van der Waals surface area contributed by atoms with Crippen LogP contribution in [0.4, 0.5) is 0 Å². The molecule has 140 valence electrons. The molecule has 1 aliphatic carbocycles. The minimum Gasteiger partial charge on any atom is -0.426 e. The third-order valence-corrected chi connectivity index (χ3v) is 5.46. The summed E-state index contributed by atoms with van der Waals surface area (Å²) in [5, 5.41) is 8.74. The van der Waals surface area contributed by atoms with Crippen molar-refractivity contribution < 1.29 is 14.6 Å². The van der Waals surface area contributed by atoms with Crippen LogP contribution in [0.25, 0.3) is 0 Å². The van der Waals surface area contributed by atoms with Gasteiger partial charge in [-0.3, -0.25) is 4.79 Å². The van der Waals surface area contributed by atoms with Gasteiger partial charge in [-0.2, -0.15) is 0 Å². The summed E-state index contributed by atoms with van der Waals surface area (Å²) in [5.74, 6) is 1.77. The average molecular weight is 347 g/mol. The lowest BCUT2D eigenvalue weighted by molar-refractivity contribution is -0.135. The fourth-order valence-corrected chi connectivity index (χ4v) is 3.90. The van der Waals surface area contributed by atoms with Gasteiger partial charge in [0.1, 0.15) is 5.75 Å². The fourth-order valence-electron chi connectivity index (χ4n) is 3.90. The molecule has 0 spiro atoms. The van der Waals surface area contributed by atoms with Gasteiger partial charge in [-0.05, 0) is 55.2 Å². The number of carbonyl (C=O) groups excluding carboxylic acids is 1. The third kappa shape index (κ3) is 7.19. The Hall–Kier alpha value is -1.35. The molecule has 0 aromatic heterocycles. The molecule has 3 heteroatoms. The smallest absolute Gasteiger partial charge is 0.313 e. The zero-order valence-corrected chi connectivity index (χ0v) is 15.7. The van der Waals surface area contributed by atoms with Gasteiger partial charge in [0.05, 0.1) is 13.0 Å². The van der Waals surface area contributed by atoms with Crippen LogP contribution in [0.15, 0.2) is 24.3 Å². The van der Waals surface area contributed by atoms with Gasteiger partial charge < -0.3 is 9.84 Å². The first-order valence-corrected chi connectivity index (χ1v) is 10.1. The zero-order chi connectivity index (χ0) is 17.9. The first-order valence-electron chi connectivity index (χ1n) is 10.1. The SMILES string of the molecule is CCCCCCCC1CCC(c2ccc(OC(=O)CCO)cc2)CC1. The summed E-state index contributed by atoms with van der Waals surface area (Å²) < 4.78 is 5.19. The van der Waals surface area contributed by atoms with E-state index in [9.17, 15) is 4.79 Å².